The highest BCUT2D eigenvalue weighted by atomic mass is 79.9. The number of halogens is 3. The average Bonchev–Trinajstić information content (AvgIpc) is 2.22. The molecule has 76 valence electrons. The summed E-state index contributed by atoms with van der Waals surface area (Å²) in [6.45, 7) is 0. The van der Waals surface area contributed by atoms with E-state index in [1.54, 1.807) is 18.3 Å². The summed E-state index contributed by atoms with van der Waals surface area (Å²) in [7, 11) is 0. The second kappa shape index (κ2) is 4.55. The number of rotatable bonds is 1. The summed E-state index contributed by atoms with van der Waals surface area (Å²) in [4.78, 5) is 12.3. The quantitative estimate of drug-likeness (QED) is 0.582. The van der Waals surface area contributed by atoms with Crippen molar-refractivity contribution in [3.05, 3.63) is 38.8 Å². The molecule has 2 aromatic heterocycles. The Morgan fingerprint density at radius 2 is 1.87 bits per heavy atom. The molecule has 0 unspecified atom stereocenters. The minimum Gasteiger partial charge on any atom is -0.233 e. The van der Waals surface area contributed by atoms with Gasteiger partial charge in [-0.25, -0.2) is 15.0 Å². The molecule has 0 aliphatic rings. The minimum absolute atomic E-state index is 0.433. The third-order valence-corrected chi connectivity index (χ3v) is 2.91. The smallest absolute Gasteiger partial charge is 0.197 e. The first-order chi connectivity index (χ1) is 7.16. The molecule has 2 aromatic rings. The molecule has 0 bridgehead atoms. The van der Waals surface area contributed by atoms with Crippen molar-refractivity contribution in [3.8, 4) is 11.4 Å². The van der Waals surface area contributed by atoms with Gasteiger partial charge in [0.25, 0.3) is 0 Å². The van der Waals surface area contributed by atoms with Gasteiger partial charge in [-0.1, -0.05) is 11.6 Å². The summed E-state index contributed by atoms with van der Waals surface area (Å²) >= 11 is 12.4. The van der Waals surface area contributed by atoms with Crippen molar-refractivity contribution < 1.29 is 0 Å². The monoisotopic (exact) mass is 347 g/mol. The minimum atomic E-state index is 0.433. The lowest BCUT2D eigenvalue weighted by Gasteiger charge is -2.03. The molecule has 2 rings (SSSR count). The number of nitrogens with zero attached hydrogens (tertiary/aromatic N) is 3. The molecule has 3 nitrogen and oxygen atoms in total. The molecule has 0 amide bonds. The Morgan fingerprint density at radius 1 is 1.07 bits per heavy atom. The Balaban J connectivity index is 2.58. The van der Waals surface area contributed by atoms with Gasteiger partial charge in [-0.05, 0) is 50.1 Å². The molecule has 6 heteroatoms. The number of hydrogen-bond acceptors (Lipinski definition) is 3. The van der Waals surface area contributed by atoms with Crippen LogP contribution in [0.4, 0.5) is 0 Å². The van der Waals surface area contributed by atoms with Crippen LogP contribution in [0, 0.1) is 0 Å². The van der Waals surface area contributed by atoms with Crippen molar-refractivity contribution in [2.75, 3.05) is 0 Å². The third kappa shape index (κ3) is 2.53. The summed E-state index contributed by atoms with van der Waals surface area (Å²) in [6.07, 6.45) is 1.65. The second-order valence-electron chi connectivity index (χ2n) is 2.68. The van der Waals surface area contributed by atoms with E-state index in [2.05, 4.69) is 46.8 Å². The van der Waals surface area contributed by atoms with Crippen LogP contribution in [0.2, 0.25) is 5.15 Å². The molecule has 0 saturated carbocycles. The summed E-state index contributed by atoms with van der Waals surface area (Å²) in [5.74, 6) is 0. The van der Waals surface area contributed by atoms with E-state index in [-0.39, 0.29) is 0 Å². The zero-order chi connectivity index (χ0) is 10.8. The summed E-state index contributed by atoms with van der Waals surface area (Å²) in [5.41, 5.74) is 1.41. The molecular formula is C9H4Br2ClN3. The number of hydrogen-bond donors (Lipinski definition) is 0. The van der Waals surface area contributed by atoms with Gasteiger partial charge in [0.1, 0.15) is 10.8 Å². The van der Waals surface area contributed by atoms with Crippen LogP contribution in [0.3, 0.4) is 0 Å². The van der Waals surface area contributed by atoms with E-state index in [1.165, 1.54) is 0 Å². The van der Waals surface area contributed by atoms with Gasteiger partial charge in [0, 0.05) is 10.7 Å². The molecule has 15 heavy (non-hydrogen) atoms. The highest BCUT2D eigenvalue weighted by Crippen LogP contribution is 2.26. The van der Waals surface area contributed by atoms with Crippen LogP contribution in [-0.4, -0.2) is 15.0 Å². The van der Waals surface area contributed by atoms with E-state index in [1.807, 2.05) is 6.07 Å². The van der Waals surface area contributed by atoms with Crippen molar-refractivity contribution in [2.24, 2.45) is 0 Å². The number of pyridine rings is 1. The summed E-state index contributed by atoms with van der Waals surface area (Å²) in [5, 5.41) is 0.433. The van der Waals surface area contributed by atoms with Gasteiger partial charge in [-0.15, -0.1) is 0 Å². The van der Waals surface area contributed by atoms with Gasteiger partial charge >= 0.3 is 0 Å². The van der Waals surface area contributed by atoms with E-state index in [9.17, 15) is 0 Å². The Kier molecular flexibility index (Phi) is 3.33. The Labute approximate surface area is 108 Å². The van der Waals surface area contributed by atoms with Gasteiger partial charge in [0.15, 0.2) is 4.73 Å². The highest BCUT2D eigenvalue weighted by Gasteiger charge is 2.07. The Bertz CT molecular complexity index is 504. The molecule has 0 radical (unpaired) electrons. The first-order valence-corrected chi connectivity index (χ1v) is 5.94. The fourth-order valence-corrected chi connectivity index (χ4v) is 1.95. The van der Waals surface area contributed by atoms with Gasteiger partial charge in [0.05, 0.1) is 5.69 Å². The second-order valence-corrected chi connectivity index (χ2v) is 4.63. The first kappa shape index (κ1) is 11.0. The Hall–Kier alpha value is -0.520. The van der Waals surface area contributed by atoms with Crippen LogP contribution in [0.15, 0.2) is 33.6 Å². The zero-order valence-corrected chi connectivity index (χ0v) is 11.2. The summed E-state index contributed by atoms with van der Waals surface area (Å²) in [6, 6.07) is 5.32. The average molecular weight is 349 g/mol. The molecular weight excluding hydrogens is 345 g/mol. The highest BCUT2D eigenvalue weighted by molar-refractivity contribution is 9.10. The van der Waals surface area contributed by atoms with Crippen LogP contribution < -0.4 is 0 Å². The standard InChI is InChI=1S/C9H4Br2ClN3/c10-5-1-2-7(12)15-8(5)6-3-4-13-9(11)14-6/h1-4H. The maximum atomic E-state index is 5.82. The zero-order valence-electron chi connectivity index (χ0n) is 7.28. The molecule has 0 aliphatic carbocycles. The van der Waals surface area contributed by atoms with Crippen molar-refractivity contribution in [2.45, 2.75) is 0 Å². The van der Waals surface area contributed by atoms with Crippen molar-refractivity contribution >= 4 is 43.5 Å². The lowest BCUT2D eigenvalue weighted by atomic mass is 10.3. The van der Waals surface area contributed by atoms with E-state index in [4.69, 9.17) is 11.6 Å². The molecule has 0 spiro atoms. The van der Waals surface area contributed by atoms with Crippen molar-refractivity contribution in [3.63, 3.8) is 0 Å². The van der Waals surface area contributed by atoms with Crippen LogP contribution in [0.25, 0.3) is 11.4 Å². The van der Waals surface area contributed by atoms with Crippen molar-refractivity contribution in [1.82, 2.24) is 15.0 Å². The fourth-order valence-electron chi connectivity index (χ4n) is 1.06. The van der Waals surface area contributed by atoms with Crippen LogP contribution in [0.1, 0.15) is 0 Å². The predicted octanol–water partition coefficient (Wildman–Crippen LogP) is 3.72. The lowest BCUT2D eigenvalue weighted by molar-refractivity contribution is 1.10. The summed E-state index contributed by atoms with van der Waals surface area (Å²) < 4.78 is 1.37. The van der Waals surface area contributed by atoms with Crippen molar-refractivity contribution in [1.29, 1.82) is 0 Å². The largest absolute Gasteiger partial charge is 0.233 e. The van der Waals surface area contributed by atoms with Crippen LogP contribution >= 0.6 is 43.5 Å². The van der Waals surface area contributed by atoms with E-state index in [0.717, 1.165) is 4.47 Å². The maximum absolute atomic E-state index is 5.82. The maximum Gasteiger partial charge on any atom is 0.197 e. The SMILES string of the molecule is Clc1ccc(Br)c(-c2ccnc(Br)n2)n1. The van der Waals surface area contributed by atoms with Gasteiger partial charge in [-0.2, -0.15) is 0 Å². The van der Waals surface area contributed by atoms with Gasteiger partial charge in [-0.3, -0.25) is 0 Å². The molecule has 0 aliphatic heterocycles. The Morgan fingerprint density at radius 3 is 2.60 bits per heavy atom. The third-order valence-electron chi connectivity index (χ3n) is 1.68. The fraction of sp³-hybridized carbons (Fsp3) is 0. The lowest BCUT2D eigenvalue weighted by Crippen LogP contribution is -1.91. The normalized spacial score (nSPS) is 10.3. The number of aromatic nitrogens is 3. The van der Waals surface area contributed by atoms with Crippen LogP contribution in [-0.2, 0) is 0 Å². The molecule has 0 saturated heterocycles. The van der Waals surface area contributed by atoms with Gasteiger partial charge in [0.2, 0.25) is 0 Å². The first-order valence-electron chi connectivity index (χ1n) is 3.98. The molecule has 0 fully saturated rings. The van der Waals surface area contributed by atoms with E-state index >= 15 is 0 Å². The topological polar surface area (TPSA) is 38.7 Å². The van der Waals surface area contributed by atoms with E-state index < -0.39 is 0 Å². The van der Waals surface area contributed by atoms with E-state index in [0.29, 0.717) is 21.3 Å². The molecule has 2 heterocycles. The molecule has 0 aromatic carbocycles. The van der Waals surface area contributed by atoms with Crippen LogP contribution in [0.5, 0.6) is 0 Å². The molecule has 0 N–H and O–H groups in total. The predicted molar refractivity (Wildman–Crippen MR) is 65.7 cm³/mol. The van der Waals surface area contributed by atoms with Gasteiger partial charge < -0.3 is 0 Å². The molecule has 0 atom stereocenters.